The van der Waals surface area contributed by atoms with Gasteiger partial charge in [0.2, 0.25) is 5.39 Å². The van der Waals surface area contributed by atoms with Crippen molar-refractivity contribution in [3.63, 3.8) is 0 Å². The van der Waals surface area contributed by atoms with Crippen molar-refractivity contribution >= 4 is 40.7 Å². The van der Waals surface area contributed by atoms with E-state index in [-0.39, 0.29) is 28.6 Å². The van der Waals surface area contributed by atoms with Gasteiger partial charge >= 0.3 is 5.69 Å². The molecule has 0 saturated carbocycles. The maximum Gasteiger partial charge on any atom is 0.386 e. The summed E-state index contributed by atoms with van der Waals surface area (Å²) in [5.41, 5.74) is 2.04. The van der Waals surface area contributed by atoms with Crippen molar-refractivity contribution in [3.8, 4) is 0 Å². The van der Waals surface area contributed by atoms with Crippen molar-refractivity contribution in [1.29, 1.82) is 5.39 Å². The summed E-state index contributed by atoms with van der Waals surface area (Å²) in [7, 11) is 0. The van der Waals surface area contributed by atoms with Crippen LogP contribution in [-0.4, -0.2) is 85.8 Å². The van der Waals surface area contributed by atoms with Gasteiger partial charge in [-0.25, -0.2) is 0 Å². The lowest BCUT2D eigenvalue weighted by molar-refractivity contribution is 0.0943. The molecule has 0 heterocycles. The third-order valence-electron chi connectivity index (χ3n) is 8.03. The van der Waals surface area contributed by atoms with Crippen molar-refractivity contribution in [2.24, 2.45) is 0 Å². The Morgan fingerprint density at radius 2 is 0.938 bits per heavy atom. The van der Waals surface area contributed by atoms with Gasteiger partial charge in [0.15, 0.2) is 4.98 Å². The first-order chi connectivity index (χ1) is 23.2. The summed E-state index contributed by atoms with van der Waals surface area (Å²) in [6.45, 7) is 15.3. The van der Waals surface area contributed by atoms with Crippen LogP contribution >= 0.6 is 0 Å². The topological polar surface area (TPSA) is 151 Å². The Hall–Kier alpha value is -5.12. The minimum atomic E-state index is -0.532. The molecule has 0 aromatic heterocycles. The molecule has 0 radical (unpaired) electrons. The monoisotopic (exact) mass is 655 g/mol. The highest BCUT2D eigenvalue weighted by atomic mass is 16.2. The Morgan fingerprint density at radius 1 is 0.562 bits per heavy atom. The molecule has 4 N–H and O–H groups in total. The molecule has 254 valence electrons. The molecule has 3 aromatic rings. The first-order valence-corrected chi connectivity index (χ1v) is 16.5. The van der Waals surface area contributed by atoms with Crippen LogP contribution in [0.5, 0.6) is 0 Å². The molecule has 12 nitrogen and oxygen atoms in total. The Morgan fingerprint density at radius 3 is 1.27 bits per heavy atom. The minimum absolute atomic E-state index is 0.0221. The van der Waals surface area contributed by atoms with Crippen molar-refractivity contribution in [3.05, 3.63) is 94.0 Å². The predicted octanol–water partition coefficient (Wildman–Crippen LogP) is 5.60. The zero-order valence-electron chi connectivity index (χ0n) is 28.3. The fourth-order valence-corrected chi connectivity index (χ4v) is 5.04. The van der Waals surface area contributed by atoms with Crippen LogP contribution in [0.3, 0.4) is 0 Å². The van der Waals surface area contributed by atoms with Crippen LogP contribution < -0.4 is 21.3 Å². The molecule has 0 unspecified atom stereocenters. The number of amides is 4. The lowest BCUT2D eigenvalue weighted by Gasteiger charge is -2.17. The molecule has 0 fully saturated rings. The molecule has 0 bridgehead atoms. The average Bonchev–Trinajstić information content (AvgIpc) is 3.11. The first-order valence-electron chi connectivity index (χ1n) is 16.5. The van der Waals surface area contributed by atoms with Gasteiger partial charge in [0.05, 0.1) is 0 Å². The molecule has 0 spiro atoms. The van der Waals surface area contributed by atoms with E-state index in [4.69, 9.17) is 0 Å². The number of diazo groups is 1. The second kappa shape index (κ2) is 19.5. The molecule has 3 aromatic carbocycles. The van der Waals surface area contributed by atoms with E-state index in [9.17, 15) is 24.6 Å². The maximum absolute atomic E-state index is 13.1. The van der Waals surface area contributed by atoms with E-state index in [1.54, 1.807) is 48.5 Å². The standard InChI is InChI=1S/C36H46N8O4/c1-5-43(6-2)21-9-19-38-33(45)26-11-15-30(16-12-26)40-35(47)28-23-29(25-32(24-28)42-37)36(48)41-31-17-13-27(14-18-31)34(46)39-20-10-22-44(7-3)8-4/h11-18,23-25H,5-10,19-22H2,1-4H3,(H3-,38,39,40,41,45,46,47,48)/p+1. The predicted molar refractivity (Wildman–Crippen MR) is 189 cm³/mol. The van der Waals surface area contributed by atoms with Crippen LogP contribution in [0.4, 0.5) is 17.1 Å². The Kier molecular flexibility index (Phi) is 15.2. The van der Waals surface area contributed by atoms with E-state index >= 15 is 0 Å². The second-order valence-corrected chi connectivity index (χ2v) is 11.2. The lowest BCUT2D eigenvalue weighted by Crippen LogP contribution is -2.29. The van der Waals surface area contributed by atoms with Crippen molar-refractivity contribution in [2.45, 2.75) is 40.5 Å². The summed E-state index contributed by atoms with van der Waals surface area (Å²) in [4.78, 5) is 59.0. The number of nitrogens with one attached hydrogen (secondary N) is 4. The maximum atomic E-state index is 13.1. The molecule has 0 atom stereocenters. The molecular weight excluding hydrogens is 608 g/mol. The molecule has 0 aliphatic rings. The van der Waals surface area contributed by atoms with Gasteiger partial charge in [0, 0.05) is 58.9 Å². The largest absolute Gasteiger partial charge is 0.386 e. The lowest BCUT2D eigenvalue weighted by atomic mass is 10.1. The number of hydrogen-bond donors (Lipinski definition) is 4. The normalized spacial score (nSPS) is 10.8. The molecule has 0 aliphatic heterocycles. The number of hydrogen-bond acceptors (Lipinski definition) is 7. The fraction of sp³-hybridized carbons (Fsp3) is 0.389. The molecular formula is C36H47N8O4+. The Bertz CT molecular complexity index is 1450. The number of carbonyl (C=O) groups is 4. The minimum Gasteiger partial charge on any atom is -0.352 e. The Labute approximate surface area is 282 Å². The second-order valence-electron chi connectivity index (χ2n) is 11.2. The summed E-state index contributed by atoms with van der Waals surface area (Å²) in [6, 6.07) is 17.0. The smallest absolute Gasteiger partial charge is 0.352 e. The molecule has 3 rings (SSSR count). The van der Waals surface area contributed by atoms with Gasteiger partial charge in [0.25, 0.3) is 23.6 Å². The third-order valence-corrected chi connectivity index (χ3v) is 8.03. The summed E-state index contributed by atoms with van der Waals surface area (Å²) >= 11 is 0. The highest BCUT2D eigenvalue weighted by Crippen LogP contribution is 2.21. The van der Waals surface area contributed by atoms with Crippen LogP contribution in [0.25, 0.3) is 4.98 Å². The van der Waals surface area contributed by atoms with Crippen molar-refractivity contribution < 1.29 is 19.2 Å². The number of benzene rings is 3. The summed E-state index contributed by atoms with van der Waals surface area (Å²) in [5, 5.41) is 20.8. The van der Waals surface area contributed by atoms with Gasteiger partial charge in [-0.1, -0.05) is 27.7 Å². The molecule has 0 saturated heterocycles. The van der Waals surface area contributed by atoms with Crippen molar-refractivity contribution in [2.75, 3.05) is 63.0 Å². The van der Waals surface area contributed by atoms with Gasteiger partial charge < -0.3 is 31.1 Å². The van der Waals surface area contributed by atoms with E-state index in [0.717, 1.165) is 52.1 Å². The van der Waals surface area contributed by atoms with Crippen LogP contribution in [0.2, 0.25) is 0 Å². The summed E-state index contributed by atoms with van der Waals surface area (Å²) in [6.07, 6.45) is 1.70. The van der Waals surface area contributed by atoms with E-state index in [0.29, 0.717) is 35.6 Å². The van der Waals surface area contributed by atoms with Gasteiger partial charge in [-0.15, -0.1) is 0 Å². The number of nitrogens with zero attached hydrogens (tertiary/aromatic N) is 4. The van der Waals surface area contributed by atoms with Crippen LogP contribution in [0.15, 0.2) is 66.7 Å². The summed E-state index contributed by atoms with van der Waals surface area (Å²) < 4.78 is 0. The average molecular weight is 656 g/mol. The van der Waals surface area contributed by atoms with Gasteiger partial charge in [-0.3, -0.25) is 19.2 Å². The van der Waals surface area contributed by atoms with E-state index < -0.39 is 11.8 Å². The SMILES string of the molecule is CCN(CC)CCCNC(=O)c1ccc(NC(=O)c2cc([N+]#N)cc(C(=O)Nc3ccc(C(=O)NCCCN(CC)CC)cc3)c2)cc1. The zero-order valence-corrected chi connectivity index (χ0v) is 28.3. The Balaban J connectivity index is 1.56. The highest BCUT2D eigenvalue weighted by Gasteiger charge is 2.19. The van der Waals surface area contributed by atoms with Crippen molar-refractivity contribution in [1.82, 2.24) is 20.4 Å². The van der Waals surface area contributed by atoms with Crippen LogP contribution in [0.1, 0.15) is 82.0 Å². The van der Waals surface area contributed by atoms with E-state index in [1.807, 2.05) is 0 Å². The zero-order chi connectivity index (χ0) is 34.9. The fourth-order valence-electron chi connectivity index (χ4n) is 5.04. The molecule has 4 amide bonds. The molecule has 0 aliphatic carbocycles. The van der Waals surface area contributed by atoms with E-state index in [1.165, 1.54) is 18.2 Å². The summed E-state index contributed by atoms with van der Waals surface area (Å²) in [5.74, 6) is -1.45. The molecule has 12 heteroatoms. The third kappa shape index (κ3) is 11.6. The molecule has 48 heavy (non-hydrogen) atoms. The van der Waals surface area contributed by atoms with Gasteiger partial charge in [-0.2, -0.15) is 0 Å². The van der Waals surface area contributed by atoms with E-state index in [2.05, 4.69) is 63.7 Å². The number of anilines is 2. The number of rotatable bonds is 18. The van der Waals surface area contributed by atoms with Gasteiger partial charge in [-0.05, 0) is 107 Å². The van der Waals surface area contributed by atoms with Crippen LogP contribution in [-0.2, 0) is 0 Å². The highest BCUT2D eigenvalue weighted by molar-refractivity contribution is 6.10. The number of carbonyl (C=O) groups excluding carboxylic acids is 4. The van der Waals surface area contributed by atoms with Crippen LogP contribution in [0, 0.1) is 5.39 Å². The first kappa shape index (κ1) is 37.3. The quantitative estimate of drug-likeness (QED) is 0.103. The van der Waals surface area contributed by atoms with Gasteiger partial charge in [0.1, 0.15) is 0 Å².